The number of methoxy groups -OCH3 is 1. The molecule has 3 rings (SSSR count). The molecule has 2 aromatic rings. The highest BCUT2D eigenvalue weighted by Crippen LogP contribution is 2.34. The van der Waals surface area contributed by atoms with Gasteiger partial charge in [-0.1, -0.05) is 6.92 Å². The first kappa shape index (κ1) is 16.8. The lowest BCUT2D eigenvalue weighted by molar-refractivity contribution is -0.134. The Bertz CT molecular complexity index is 708. The van der Waals surface area contributed by atoms with E-state index in [1.165, 1.54) is 0 Å². The molecule has 5 heteroatoms. The summed E-state index contributed by atoms with van der Waals surface area (Å²) in [5.41, 5.74) is 1.05. The number of hydrogen-bond donors (Lipinski definition) is 1. The van der Waals surface area contributed by atoms with E-state index in [0.29, 0.717) is 6.54 Å². The van der Waals surface area contributed by atoms with E-state index in [0.717, 1.165) is 49.0 Å². The topological polar surface area (TPSA) is 54.7 Å². The number of nitrogens with zero attached hydrogens (tertiary/aromatic N) is 2. The zero-order chi connectivity index (χ0) is 17.2. The number of benzene rings is 1. The molecule has 1 aromatic carbocycles. The quantitative estimate of drug-likeness (QED) is 0.917. The lowest BCUT2D eigenvalue weighted by atomic mass is 9.77. The molecule has 130 valence electrons. The van der Waals surface area contributed by atoms with Crippen molar-refractivity contribution >= 4 is 16.8 Å². The molecule has 1 amide bonds. The molecule has 5 nitrogen and oxygen atoms in total. The van der Waals surface area contributed by atoms with Crippen LogP contribution in [0.15, 0.2) is 30.5 Å². The summed E-state index contributed by atoms with van der Waals surface area (Å²) in [5.74, 6) is 0.966. The van der Waals surface area contributed by atoms with Crippen LogP contribution in [0.25, 0.3) is 10.9 Å². The van der Waals surface area contributed by atoms with Crippen LogP contribution in [-0.4, -0.2) is 47.3 Å². The van der Waals surface area contributed by atoms with Gasteiger partial charge in [-0.15, -0.1) is 0 Å². The van der Waals surface area contributed by atoms with Crippen molar-refractivity contribution < 1.29 is 14.6 Å². The molecule has 0 radical (unpaired) electrons. The summed E-state index contributed by atoms with van der Waals surface area (Å²) in [7, 11) is 1.65. The predicted octanol–water partition coefficient (Wildman–Crippen LogP) is 2.66. The fourth-order valence-electron chi connectivity index (χ4n) is 3.54. The highest BCUT2D eigenvalue weighted by Gasteiger charge is 2.33. The van der Waals surface area contributed by atoms with Gasteiger partial charge in [0, 0.05) is 36.8 Å². The molecule has 1 fully saturated rings. The van der Waals surface area contributed by atoms with Gasteiger partial charge >= 0.3 is 0 Å². The van der Waals surface area contributed by atoms with Gasteiger partial charge in [0.2, 0.25) is 5.91 Å². The minimum atomic E-state index is 0.00742. The fraction of sp³-hybridized carbons (Fsp3) is 0.526. The average Bonchev–Trinajstić information content (AvgIpc) is 3.03. The highest BCUT2D eigenvalue weighted by molar-refractivity contribution is 5.84. The number of aliphatic hydroxyl groups excluding tert-OH is 1. The number of carbonyl (C=O) groups excluding carboxylic acids is 1. The number of fused-ring (bicyclic) bond motifs is 1. The van der Waals surface area contributed by atoms with Crippen LogP contribution in [0.3, 0.4) is 0 Å². The van der Waals surface area contributed by atoms with E-state index in [4.69, 9.17) is 4.74 Å². The molecule has 0 atom stereocenters. The second-order valence-corrected chi connectivity index (χ2v) is 6.76. The maximum atomic E-state index is 12.6. The number of piperidine rings is 1. The lowest BCUT2D eigenvalue weighted by Gasteiger charge is -2.40. The van der Waals surface area contributed by atoms with Crippen molar-refractivity contribution in [2.24, 2.45) is 5.41 Å². The summed E-state index contributed by atoms with van der Waals surface area (Å²) in [5, 5.41) is 10.7. The Kier molecular flexibility index (Phi) is 4.81. The van der Waals surface area contributed by atoms with Crippen molar-refractivity contribution in [2.75, 3.05) is 26.8 Å². The molecule has 2 heterocycles. The van der Waals surface area contributed by atoms with E-state index in [1.54, 1.807) is 7.11 Å². The van der Waals surface area contributed by atoms with Crippen LogP contribution in [0, 0.1) is 5.41 Å². The number of aliphatic hydroxyl groups is 1. The van der Waals surface area contributed by atoms with Gasteiger partial charge < -0.3 is 19.3 Å². The number of likely N-dealkylation sites (tertiary alicyclic amines) is 1. The number of carbonyl (C=O) groups is 1. The summed E-state index contributed by atoms with van der Waals surface area (Å²) in [6.45, 7) is 4.16. The Morgan fingerprint density at radius 1 is 1.29 bits per heavy atom. The van der Waals surface area contributed by atoms with Gasteiger partial charge in [-0.3, -0.25) is 4.79 Å². The van der Waals surface area contributed by atoms with Crippen molar-refractivity contribution in [3.8, 4) is 5.75 Å². The number of rotatable bonds is 5. The Balaban J connectivity index is 1.68. The SMILES string of the molecule is CCC1(CO)CCN(C(=O)Cn2ccc3cc(OC)ccc32)CC1. The maximum Gasteiger partial charge on any atom is 0.242 e. The third-order valence-corrected chi connectivity index (χ3v) is 5.55. The summed E-state index contributed by atoms with van der Waals surface area (Å²) >= 11 is 0. The first-order valence-electron chi connectivity index (χ1n) is 8.62. The first-order chi connectivity index (χ1) is 11.6. The van der Waals surface area contributed by atoms with E-state index in [-0.39, 0.29) is 17.9 Å². The molecule has 1 aromatic heterocycles. The number of aromatic nitrogens is 1. The molecule has 0 aliphatic carbocycles. The Morgan fingerprint density at radius 2 is 2.04 bits per heavy atom. The van der Waals surface area contributed by atoms with Crippen molar-refractivity contribution in [2.45, 2.75) is 32.7 Å². The summed E-state index contributed by atoms with van der Waals surface area (Å²) in [6.07, 6.45) is 4.69. The molecule has 1 aliphatic rings. The van der Waals surface area contributed by atoms with Crippen LogP contribution in [0.1, 0.15) is 26.2 Å². The zero-order valence-corrected chi connectivity index (χ0v) is 14.5. The van der Waals surface area contributed by atoms with E-state index >= 15 is 0 Å². The molecule has 24 heavy (non-hydrogen) atoms. The standard InChI is InChI=1S/C19H26N2O3/c1-3-19(14-22)7-10-20(11-8-19)18(23)13-21-9-6-15-12-16(24-2)4-5-17(15)21/h4-6,9,12,22H,3,7-8,10-11,13-14H2,1-2H3. The Hall–Kier alpha value is -2.01. The van der Waals surface area contributed by atoms with Crippen LogP contribution in [0.2, 0.25) is 0 Å². The minimum Gasteiger partial charge on any atom is -0.497 e. The molecule has 1 N–H and O–H groups in total. The maximum absolute atomic E-state index is 12.6. The van der Waals surface area contributed by atoms with Gasteiger partial charge in [-0.25, -0.2) is 0 Å². The van der Waals surface area contributed by atoms with Gasteiger partial charge in [-0.05, 0) is 48.9 Å². The van der Waals surface area contributed by atoms with Gasteiger partial charge in [0.05, 0.1) is 7.11 Å². The summed E-state index contributed by atoms with van der Waals surface area (Å²) < 4.78 is 7.23. The van der Waals surface area contributed by atoms with Crippen LogP contribution in [0.4, 0.5) is 0 Å². The second-order valence-electron chi connectivity index (χ2n) is 6.76. The van der Waals surface area contributed by atoms with Gasteiger partial charge in [0.15, 0.2) is 0 Å². The molecule has 1 aliphatic heterocycles. The zero-order valence-electron chi connectivity index (χ0n) is 14.5. The van der Waals surface area contributed by atoms with Crippen molar-refractivity contribution in [1.29, 1.82) is 0 Å². The number of hydrogen-bond acceptors (Lipinski definition) is 3. The highest BCUT2D eigenvalue weighted by atomic mass is 16.5. The summed E-state index contributed by atoms with van der Waals surface area (Å²) in [4.78, 5) is 14.6. The molecule has 0 bridgehead atoms. The van der Waals surface area contributed by atoms with Crippen LogP contribution in [-0.2, 0) is 11.3 Å². The predicted molar refractivity (Wildman–Crippen MR) is 94.1 cm³/mol. The van der Waals surface area contributed by atoms with Gasteiger partial charge in [-0.2, -0.15) is 0 Å². The van der Waals surface area contributed by atoms with Gasteiger partial charge in [0.25, 0.3) is 0 Å². The Morgan fingerprint density at radius 3 is 2.67 bits per heavy atom. The van der Waals surface area contributed by atoms with E-state index < -0.39 is 0 Å². The third kappa shape index (κ3) is 3.13. The number of amides is 1. The fourth-order valence-corrected chi connectivity index (χ4v) is 3.54. The van der Waals surface area contributed by atoms with Crippen molar-refractivity contribution in [3.05, 3.63) is 30.5 Å². The number of ether oxygens (including phenoxy) is 1. The van der Waals surface area contributed by atoms with E-state index in [1.807, 2.05) is 39.9 Å². The molecule has 0 unspecified atom stereocenters. The van der Waals surface area contributed by atoms with Crippen molar-refractivity contribution in [1.82, 2.24) is 9.47 Å². The van der Waals surface area contributed by atoms with Crippen molar-refractivity contribution in [3.63, 3.8) is 0 Å². The monoisotopic (exact) mass is 330 g/mol. The molecular formula is C19H26N2O3. The average molecular weight is 330 g/mol. The van der Waals surface area contributed by atoms with Crippen LogP contribution >= 0.6 is 0 Å². The molecule has 0 saturated carbocycles. The van der Waals surface area contributed by atoms with Crippen LogP contribution < -0.4 is 4.74 Å². The molecular weight excluding hydrogens is 304 g/mol. The van der Waals surface area contributed by atoms with Crippen LogP contribution in [0.5, 0.6) is 5.75 Å². The smallest absolute Gasteiger partial charge is 0.242 e. The summed E-state index contributed by atoms with van der Waals surface area (Å²) in [6, 6.07) is 7.90. The van der Waals surface area contributed by atoms with E-state index in [2.05, 4.69) is 6.92 Å². The largest absolute Gasteiger partial charge is 0.497 e. The first-order valence-corrected chi connectivity index (χ1v) is 8.62. The minimum absolute atomic E-state index is 0.00742. The third-order valence-electron chi connectivity index (χ3n) is 5.55. The molecule has 1 saturated heterocycles. The second kappa shape index (κ2) is 6.85. The molecule has 0 spiro atoms. The normalized spacial score (nSPS) is 17.2. The van der Waals surface area contributed by atoms with Gasteiger partial charge in [0.1, 0.15) is 12.3 Å². The van der Waals surface area contributed by atoms with E-state index in [9.17, 15) is 9.90 Å². The Labute approximate surface area is 142 Å². The lowest BCUT2D eigenvalue weighted by Crippen LogP contribution is -2.45.